The van der Waals surface area contributed by atoms with Crippen LogP contribution in [-0.2, 0) is 9.59 Å². The van der Waals surface area contributed by atoms with Crippen LogP contribution in [0.4, 0.5) is 10.8 Å². The molecule has 8 heteroatoms. The molecule has 0 saturated carbocycles. The predicted octanol–water partition coefficient (Wildman–Crippen LogP) is 7.62. The first-order valence-corrected chi connectivity index (χ1v) is 13.5. The zero-order valence-corrected chi connectivity index (χ0v) is 21.9. The number of hydrogen-bond acceptors (Lipinski definition) is 5. The maximum Gasteiger partial charge on any atom is 0.248 e. The molecular formula is C28H24ClN3O2S2. The van der Waals surface area contributed by atoms with Crippen LogP contribution in [0.2, 0.25) is 5.02 Å². The van der Waals surface area contributed by atoms with Gasteiger partial charge in [-0.2, -0.15) is 0 Å². The third-order valence-electron chi connectivity index (χ3n) is 5.15. The number of hydrogen-bond donors (Lipinski definition) is 2. The van der Waals surface area contributed by atoms with E-state index in [1.807, 2.05) is 91.2 Å². The highest BCUT2D eigenvalue weighted by atomic mass is 35.5. The van der Waals surface area contributed by atoms with Crippen molar-refractivity contribution in [3.8, 4) is 11.3 Å². The van der Waals surface area contributed by atoms with E-state index in [0.29, 0.717) is 22.3 Å². The number of benzene rings is 3. The summed E-state index contributed by atoms with van der Waals surface area (Å²) in [6.07, 6.45) is 3.90. The lowest BCUT2D eigenvalue weighted by Crippen LogP contribution is -2.24. The molecule has 2 N–H and O–H groups in total. The average molecular weight is 534 g/mol. The maximum atomic E-state index is 13.0. The number of amides is 2. The molecule has 4 aromatic rings. The van der Waals surface area contributed by atoms with Crippen molar-refractivity contribution in [3.05, 3.63) is 101 Å². The van der Waals surface area contributed by atoms with Crippen LogP contribution in [0, 0.1) is 0 Å². The summed E-state index contributed by atoms with van der Waals surface area (Å²) in [5, 5.41) is 8.51. The molecule has 36 heavy (non-hydrogen) atoms. The lowest BCUT2D eigenvalue weighted by Gasteiger charge is -2.14. The van der Waals surface area contributed by atoms with Crippen molar-refractivity contribution in [1.82, 2.24) is 4.98 Å². The van der Waals surface area contributed by atoms with E-state index >= 15 is 0 Å². The molecule has 1 atom stereocenters. The molecule has 0 aliphatic carbocycles. The number of rotatable bonds is 9. The van der Waals surface area contributed by atoms with E-state index in [0.717, 1.165) is 21.7 Å². The lowest BCUT2D eigenvalue weighted by molar-refractivity contribution is -0.115. The van der Waals surface area contributed by atoms with Crippen molar-refractivity contribution in [3.63, 3.8) is 0 Å². The van der Waals surface area contributed by atoms with Gasteiger partial charge in [0.25, 0.3) is 0 Å². The first-order chi connectivity index (χ1) is 17.5. The Hall–Kier alpha value is -3.39. The Morgan fingerprint density at radius 3 is 2.58 bits per heavy atom. The minimum Gasteiger partial charge on any atom is -0.322 e. The fourth-order valence-corrected chi connectivity index (χ4v) is 5.32. The number of anilines is 2. The Labute approximate surface area is 223 Å². The number of nitrogens with one attached hydrogen (secondary N) is 2. The monoisotopic (exact) mass is 533 g/mol. The highest BCUT2D eigenvalue weighted by molar-refractivity contribution is 8.00. The zero-order chi connectivity index (χ0) is 25.3. The Morgan fingerprint density at radius 1 is 1.03 bits per heavy atom. The van der Waals surface area contributed by atoms with Crippen LogP contribution >= 0.6 is 34.7 Å². The molecule has 1 unspecified atom stereocenters. The third-order valence-corrected chi connectivity index (χ3v) is 7.60. The molecule has 2 amide bonds. The Kier molecular flexibility index (Phi) is 8.95. The predicted molar refractivity (Wildman–Crippen MR) is 152 cm³/mol. The summed E-state index contributed by atoms with van der Waals surface area (Å²) < 4.78 is 0. The number of thioether (sulfide) groups is 1. The summed E-state index contributed by atoms with van der Waals surface area (Å²) in [6, 6.07) is 24.6. The number of thiazole rings is 1. The van der Waals surface area contributed by atoms with Crippen LogP contribution in [-0.4, -0.2) is 22.0 Å². The van der Waals surface area contributed by atoms with E-state index < -0.39 is 0 Å². The van der Waals surface area contributed by atoms with Crippen LogP contribution < -0.4 is 10.6 Å². The third kappa shape index (κ3) is 7.07. The summed E-state index contributed by atoms with van der Waals surface area (Å²) in [7, 11) is 0. The molecule has 5 nitrogen and oxygen atoms in total. The average Bonchev–Trinajstić information content (AvgIpc) is 3.35. The van der Waals surface area contributed by atoms with Gasteiger partial charge in [-0.25, -0.2) is 4.98 Å². The minimum atomic E-state index is -0.318. The van der Waals surface area contributed by atoms with Crippen LogP contribution in [0.5, 0.6) is 0 Å². The highest BCUT2D eigenvalue weighted by Gasteiger charge is 2.20. The minimum absolute atomic E-state index is 0.122. The highest BCUT2D eigenvalue weighted by Crippen LogP contribution is 2.32. The van der Waals surface area contributed by atoms with E-state index in [9.17, 15) is 9.59 Å². The molecule has 0 bridgehead atoms. The Balaban J connectivity index is 1.37. The van der Waals surface area contributed by atoms with Crippen LogP contribution in [0.25, 0.3) is 17.3 Å². The number of carbonyl (C=O) groups excluding carboxylic acids is 2. The summed E-state index contributed by atoms with van der Waals surface area (Å²) >= 11 is 9.08. The van der Waals surface area contributed by atoms with Gasteiger partial charge in [0, 0.05) is 32.6 Å². The number of halogens is 1. The summed E-state index contributed by atoms with van der Waals surface area (Å²) in [5.74, 6) is -0.341. The van der Waals surface area contributed by atoms with Crippen molar-refractivity contribution in [2.24, 2.45) is 0 Å². The second-order valence-electron chi connectivity index (χ2n) is 7.78. The normalized spacial score (nSPS) is 11.8. The van der Waals surface area contributed by atoms with Crippen LogP contribution in [0.3, 0.4) is 0 Å². The second kappa shape index (κ2) is 12.5. The van der Waals surface area contributed by atoms with Crippen molar-refractivity contribution < 1.29 is 9.59 Å². The van der Waals surface area contributed by atoms with Gasteiger partial charge < -0.3 is 10.6 Å². The van der Waals surface area contributed by atoms with Gasteiger partial charge in [-0.15, -0.1) is 23.1 Å². The van der Waals surface area contributed by atoms with Gasteiger partial charge in [-0.1, -0.05) is 73.1 Å². The van der Waals surface area contributed by atoms with Gasteiger partial charge >= 0.3 is 0 Å². The van der Waals surface area contributed by atoms with Gasteiger partial charge in [0.1, 0.15) is 0 Å². The van der Waals surface area contributed by atoms with Crippen LogP contribution in [0.15, 0.2) is 95.2 Å². The van der Waals surface area contributed by atoms with Crippen molar-refractivity contribution in [1.29, 1.82) is 0 Å². The van der Waals surface area contributed by atoms with E-state index in [1.54, 1.807) is 6.08 Å². The lowest BCUT2D eigenvalue weighted by atomic mass is 10.2. The van der Waals surface area contributed by atoms with Crippen molar-refractivity contribution >= 4 is 63.4 Å². The first kappa shape index (κ1) is 25.7. The second-order valence-corrected chi connectivity index (χ2v) is 10.3. The molecule has 0 aliphatic heterocycles. The molecule has 1 aromatic heterocycles. The van der Waals surface area contributed by atoms with Crippen molar-refractivity contribution in [2.75, 3.05) is 10.6 Å². The molecule has 182 valence electrons. The number of nitrogens with zero attached hydrogens (tertiary/aromatic N) is 1. The zero-order valence-electron chi connectivity index (χ0n) is 19.5. The van der Waals surface area contributed by atoms with Gasteiger partial charge in [0.05, 0.1) is 10.9 Å². The largest absolute Gasteiger partial charge is 0.322 e. The van der Waals surface area contributed by atoms with Crippen molar-refractivity contribution in [2.45, 2.75) is 23.5 Å². The topological polar surface area (TPSA) is 71.1 Å². The standard InChI is InChI=1S/C28H24ClN3O2S2/c1-2-25(27(34)32-28-31-24(18-35-28)22-13-6-7-14-23(22)29)36-21-12-8-11-20(17-21)30-26(33)16-15-19-9-4-3-5-10-19/h3-18,25H,2H2,1H3,(H,30,33)(H,31,32,34)/b16-15+. The van der Waals surface area contributed by atoms with Gasteiger partial charge in [-0.05, 0) is 42.3 Å². The van der Waals surface area contributed by atoms with Crippen LogP contribution in [0.1, 0.15) is 18.9 Å². The summed E-state index contributed by atoms with van der Waals surface area (Å²) in [6.45, 7) is 1.97. The molecule has 1 heterocycles. The molecule has 0 radical (unpaired) electrons. The summed E-state index contributed by atoms with van der Waals surface area (Å²) in [5.41, 5.74) is 3.18. The fourth-order valence-electron chi connectivity index (χ4n) is 3.36. The molecule has 0 fully saturated rings. The van der Waals surface area contributed by atoms with E-state index in [4.69, 9.17) is 11.6 Å². The molecule has 4 rings (SSSR count). The Morgan fingerprint density at radius 2 is 1.81 bits per heavy atom. The fraction of sp³-hybridized carbons (Fsp3) is 0.107. The number of aromatic nitrogens is 1. The summed E-state index contributed by atoms with van der Waals surface area (Å²) in [4.78, 5) is 30.7. The first-order valence-electron chi connectivity index (χ1n) is 11.3. The smallest absolute Gasteiger partial charge is 0.248 e. The maximum absolute atomic E-state index is 13.0. The Bertz CT molecular complexity index is 1370. The molecule has 3 aromatic carbocycles. The number of carbonyl (C=O) groups is 2. The quantitative estimate of drug-likeness (QED) is 0.171. The molecule has 0 aliphatic rings. The molecular weight excluding hydrogens is 510 g/mol. The van der Waals surface area contributed by atoms with Gasteiger partial charge in [-0.3, -0.25) is 9.59 Å². The van der Waals surface area contributed by atoms with E-state index in [-0.39, 0.29) is 17.1 Å². The van der Waals surface area contributed by atoms with Gasteiger partial charge in [0.2, 0.25) is 11.8 Å². The van der Waals surface area contributed by atoms with Gasteiger partial charge in [0.15, 0.2) is 5.13 Å². The van der Waals surface area contributed by atoms with E-state index in [1.165, 1.54) is 29.2 Å². The van der Waals surface area contributed by atoms with E-state index in [2.05, 4.69) is 15.6 Å². The molecule has 0 spiro atoms. The SMILES string of the molecule is CCC(Sc1cccc(NC(=O)/C=C/c2ccccc2)c1)C(=O)Nc1nc(-c2ccccc2Cl)cs1. The molecule has 0 saturated heterocycles.